The Hall–Kier alpha value is -2.73. The molecule has 0 aliphatic heterocycles. The van der Waals surface area contributed by atoms with E-state index >= 15 is 0 Å². The maximum absolute atomic E-state index is 12.1. The van der Waals surface area contributed by atoms with Crippen LogP contribution in [-0.4, -0.2) is 39.2 Å². The summed E-state index contributed by atoms with van der Waals surface area (Å²) in [6.45, 7) is -0.715. The van der Waals surface area contributed by atoms with Crippen LogP contribution in [0.5, 0.6) is 17.2 Å². The largest absolute Gasteiger partial charge is 0.493 e. The van der Waals surface area contributed by atoms with Gasteiger partial charge in [-0.3, -0.25) is 4.79 Å². The van der Waals surface area contributed by atoms with Crippen LogP contribution >= 0.6 is 11.6 Å². The Labute approximate surface area is 150 Å². The van der Waals surface area contributed by atoms with Crippen molar-refractivity contribution in [3.8, 4) is 17.2 Å². The molecule has 0 atom stereocenters. The Kier molecular flexibility index (Phi) is 6.65. The lowest BCUT2D eigenvalue weighted by Gasteiger charge is -2.10. The summed E-state index contributed by atoms with van der Waals surface area (Å²) in [5, 5.41) is 0.495. The zero-order valence-electron chi connectivity index (χ0n) is 13.8. The van der Waals surface area contributed by atoms with Crippen LogP contribution in [0.3, 0.4) is 0 Å². The standard InChI is InChI=1S/C18H17ClO6/c1-22-16-7-6-12(8-17(16)23-2)15(20)10-25-18(21)11-24-14-5-3-4-13(19)9-14/h3-9H,10-11H2,1-2H3. The van der Waals surface area contributed by atoms with Gasteiger partial charge in [0.05, 0.1) is 14.2 Å². The lowest BCUT2D eigenvalue weighted by Crippen LogP contribution is -2.19. The molecular formula is C18H17ClO6. The number of carbonyl (C=O) groups is 2. The Morgan fingerprint density at radius 1 is 0.960 bits per heavy atom. The molecule has 2 aromatic rings. The fourth-order valence-corrected chi connectivity index (χ4v) is 2.16. The average molecular weight is 365 g/mol. The zero-order valence-corrected chi connectivity index (χ0v) is 14.5. The molecule has 0 N–H and O–H groups in total. The van der Waals surface area contributed by atoms with Gasteiger partial charge in [0, 0.05) is 10.6 Å². The van der Waals surface area contributed by atoms with Crippen LogP contribution in [0.15, 0.2) is 42.5 Å². The molecule has 0 amide bonds. The summed E-state index contributed by atoms with van der Waals surface area (Å²) in [5.41, 5.74) is 0.348. The highest BCUT2D eigenvalue weighted by Crippen LogP contribution is 2.27. The molecule has 25 heavy (non-hydrogen) atoms. The van der Waals surface area contributed by atoms with E-state index in [1.807, 2.05) is 0 Å². The first kappa shape index (κ1) is 18.6. The van der Waals surface area contributed by atoms with Crippen LogP contribution in [-0.2, 0) is 9.53 Å². The molecule has 0 heterocycles. The molecule has 0 aliphatic rings. The van der Waals surface area contributed by atoms with Gasteiger partial charge in [0.1, 0.15) is 5.75 Å². The third kappa shape index (κ3) is 5.39. The van der Waals surface area contributed by atoms with E-state index in [4.69, 9.17) is 30.5 Å². The molecule has 0 spiro atoms. The predicted octanol–water partition coefficient (Wildman–Crippen LogP) is 3.16. The van der Waals surface area contributed by atoms with Gasteiger partial charge in [-0.1, -0.05) is 17.7 Å². The molecule has 0 aliphatic carbocycles. The molecule has 0 bridgehead atoms. The van der Waals surface area contributed by atoms with Crippen molar-refractivity contribution in [3.63, 3.8) is 0 Å². The predicted molar refractivity (Wildman–Crippen MR) is 91.8 cm³/mol. The monoisotopic (exact) mass is 364 g/mol. The van der Waals surface area contributed by atoms with Crippen molar-refractivity contribution in [2.75, 3.05) is 27.4 Å². The molecule has 6 nitrogen and oxygen atoms in total. The minimum atomic E-state index is -0.659. The summed E-state index contributed by atoms with van der Waals surface area (Å²) in [6.07, 6.45) is 0. The molecule has 2 aromatic carbocycles. The average Bonchev–Trinajstić information content (AvgIpc) is 2.63. The summed E-state index contributed by atoms with van der Waals surface area (Å²) in [6, 6.07) is 11.3. The number of halogens is 1. The van der Waals surface area contributed by atoms with Crippen molar-refractivity contribution < 1.29 is 28.5 Å². The maximum atomic E-state index is 12.1. The minimum Gasteiger partial charge on any atom is -0.493 e. The quantitative estimate of drug-likeness (QED) is 0.529. The van der Waals surface area contributed by atoms with Crippen LogP contribution in [0.1, 0.15) is 10.4 Å². The summed E-state index contributed by atoms with van der Waals surface area (Å²) in [7, 11) is 2.97. The van der Waals surface area contributed by atoms with Gasteiger partial charge in [-0.25, -0.2) is 4.79 Å². The molecule has 0 aromatic heterocycles. The third-order valence-electron chi connectivity index (χ3n) is 3.22. The summed E-state index contributed by atoms with van der Waals surface area (Å²) >= 11 is 5.82. The first-order valence-corrected chi connectivity index (χ1v) is 7.70. The number of ketones is 1. The number of hydrogen-bond acceptors (Lipinski definition) is 6. The lowest BCUT2D eigenvalue weighted by atomic mass is 10.1. The Morgan fingerprint density at radius 3 is 2.40 bits per heavy atom. The van der Waals surface area contributed by atoms with E-state index < -0.39 is 12.6 Å². The number of benzene rings is 2. The van der Waals surface area contributed by atoms with E-state index in [0.29, 0.717) is 27.8 Å². The van der Waals surface area contributed by atoms with Gasteiger partial charge in [0.25, 0.3) is 0 Å². The fourth-order valence-electron chi connectivity index (χ4n) is 1.98. The number of carbonyl (C=O) groups excluding carboxylic acids is 2. The SMILES string of the molecule is COc1ccc(C(=O)COC(=O)COc2cccc(Cl)c2)cc1OC. The number of rotatable bonds is 8. The summed E-state index contributed by atoms with van der Waals surface area (Å²) in [4.78, 5) is 23.8. The lowest BCUT2D eigenvalue weighted by molar-refractivity contribution is -0.144. The topological polar surface area (TPSA) is 71.1 Å². The Morgan fingerprint density at radius 2 is 1.72 bits per heavy atom. The second-order valence-electron chi connectivity index (χ2n) is 4.90. The number of Topliss-reactive ketones (excluding diaryl/α,β-unsaturated/α-hetero) is 1. The van der Waals surface area contributed by atoms with Crippen LogP contribution in [0.4, 0.5) is 0 Å². The second-order valence-corrected chi connectivity index (χ2v) is 5.34. The van der Waals surface area contributed by atoms with Crippen molar-refractivity contribution in [2.24, 2.45) is 0 Å². The highest BCUT2D eigenvalue weighted by Gasteiger charge is 2.13. The van der Waals surface area contributed by atoms with Gasteiger partial charge in [-0.05, 0) is 36.4 Å². The van der Waals surface area contributed by atoms with Crippen LogP contribution in [0.25, 0.3) is 0 Å². The number of methoxy groups -OCH3 is 2. The van der Waals surface area contributed by atoms with Gasteiger partial charge in [0.2, 0.25) is 0 Å². The molecule has 132 valence electrons. The van der Waals surface area contributed by atoms with Crippen LogP contribution < -0.4 is 14.2 Å². The third-order valence-corrected chi connectivity index (χ3v) is 3.46. The molecule has 2 rings (SSSR count). The molecule has 0 radical (unpaired) electrons. The van der Waals surface area contributed by atoms with Gasteiger partial charge in [0.15, 0.2) is 30.5 Å². The summed E-state index contributed by atoms with van der Waals surface area (Å²) in [5.74, 6) is 0.344. The van der Waals surface area contributed by atoms with Crippen molar-refractivity contribution in [1.29, 1.82) is 0 Å². The van der Waals surface area contributed by atoms with Crippen molar-refractivity contribution in [3.05, 3.63) is 53.1 Å². The van der Waals surface area contributed by atoms with Crippen molar-refractivity contribution >= 4 is 23.4 Å². The van der Waals surface area contributed by atoms with E-state index in [-0.39, 0.29) is 12.4 Å². The van der Waals surface area contributed by atoms with Gasteiger partial charge in [-0.2, -0.15) is 0 Å². The number of esters is 1. The molecule has 0 fully saturated rings. The van der Waals surface area contributed by atoms with Crippen molar-refractivity contribution in [1.82, 2.24) is 0 Å². The van der Waals surface area contributed by atoms with Crippen LogP contribution in [0.2, 0.25) is 5.02 Å². The summed E-state index contributed by atoms with van der Waals surface area (Å²) < 4.78 is 20.4. The number of hydrogen-bond donors (Lipinski definition) is 0. The molecule has 0 saturated heterocycles. The Bertz CT molecular complexity index is 759. The molecular weight excluding hydrogens is 348 g/mol. The highest BCUT2D eigenvalue weighted by atomic mass is 35.5. The van der Waals surface area contributed by atoms with E-state index in [9.17, 15) is 9.59 Å². The fraction of sp³-hybridized carbons (Fsp3) is 0.222. The number of ether oxygens (including phenoxy) is 4. The normalized spacial score (nSPS) is 10.0. The first-order chi connectivity index (χ1) is 12.0. The van der Waals surface area contributed by atoms with Crippen molar-refractivity contribution in [2.45, 2.75) is 0 Å². The van der Waals surface area contributed by atoms with E-state index in [0.717, 1.165) is 0 Å². The first-order valence-electron chi connectivity index (χ1n) is 7.32. The smallest absolute Gasteiger partial charge is 0.344 e. The van der Waals surface area contributed by atoms with E-state index in [1.54, 1.807) is 36.4 Å². The zero-order chi connectivity index (χ0) is 18.2. The molecule has 7 heteroatoms. The minimum absolute atomic E-state index is 0.320. The van der Waals surface area contributed by atoms with E-state index in [1.165, 1.54) is 20.3 Å². The van der Waals surface area contributed by atoms with Gasteiger partial charge >= 0.3 is 5.97 Å². The highest BCUT2D eigenvalue weighted by molar-refractivity contribution is 6.30. The van der Waals surface area contributed by atoms with E-state index in [2.05, 4.69) is 0 Å². The van der Waals surface area contributed by atoms with Crippen LogP contribution in [0, 0.1) is 0 Å². The molecule has 0 saturated carbocycles. The second kappa shape index (κ2) is 8.94. The molecule has 0 unspecified atom stereocenters. The van der Waals surface area contributed by atoms with Gasteiger partial charge < -0.3 is 18.9 Å². The Balaban J connectivity index is 1.85. The van der Waals surface area contributed by atoms with Gasteiger partial charge in [-0.15, -0.1) is 0 Å². The maximum Gasteiger partial charge on any atom is 0.344 e.